The maximum absolute atomic E-state index is 12.8. The predicted octanol–water partition coefficient (Wildman–Crippen LogP) is 9.34. The van der Waals surface area contributed by atoms with Gasteiger partial charge in [0.25, 0.3) is 10.1 Å². The van der Waals surface area contributed by atoms with E-state index in [4.69, 9.17) is 18.9 Å². The molecule has 0 aromatic heterocycles. The lowest BCUT2D eigenvalue weighted by molar-refractivity contribution is -0.297. The van der Waals surface area contributed by atoms with Gasteiger partial charge in [0, 0.05) is 12.8 Å². The van der Waals surface area contributed by atoms with Crippen LogP contribution in [0.2, 0.25) is 0 Å². The third-order valence-electron chi connectivity index (χ3n) is 10.1. The summed E-state index contributed by atoms with van der Waals surface area (Å²) in [6, 6.07) is 0. The van der Waals surface area contributed by atoms with Gasteiger partial charge in [-0.3, -0.25) is 14.1 Å². The largest absolute Gasteiger partial charge is 0.462 e. The summed E-state index contributed by atoms with van der Waals surface area (Å²) in [7, 11) is -4.61. The van der Waals surface area contributed by atoms with Crippen molar-refractivity contribution >= 4 is 22.1 Å². The third kappa shape index (κ3) is 31.2. The zero-order chi connectivity index (χ0) is 44.1. The van der Waals surface area contributed by atoms with E-state index in [1.54, 1.807) is 0 Å². The number of esters is 2. The van der Waals surface area contributed by atoms with Gasteiger partial charge in [-0.25, -0.2) is 0 Å². The van der Waals surface area contributed by atoms with E-state index in [1.807, 2.05) is 12.2 Å². The smallest absolute Gasteiger partial charge is 0.306 e. The number of aliphatic hydroxyl groups is 3. The zero-order valence-corrected chi connectivity index (χ0v) is 37.6. The Labute approximate surface area is 362 Å². The van der Waals surface area contributed by atoms with E-state index in [2.05, 4.69) is 62.5 Å². The molecule has 0 bridgehead atoms. The van der Waals surface area contributed by atoms with Gasteiger partial charge in [-0.2, -0.15) is 8.42 Å². The maximum atomic E-state index is 12.8. The van der Waals surface area contributed by atoms with Crippen molar-refractivity contribution < 1.29 is 56.8 Å². The van der Waals surface area contributed by atoms with E-state index in [0.29, 0.717) is 19.3 Å². The molecular formula is C47H80O12S. The number of rotatable bonds is 37. The van der Waals surface area contributed by atoms with Gasteiger partial charge < -0.3 is 34.3 Å². The molecule has 1 rings (SSSR count). The molecule has 0 aromatic rings. The SMILES string of the molecule is CCCCC/C=C/C/C=C/C/C=C/C/C=C/CCCC(=O)OC[C@H](CO[C@H]1O[C@H](CS(=O)(=O)O)[C@@H](O)C(O)C1O)OC(=O)CCCCCCC/C=C/CCCCCCCC. The van der Waals surface area contributed by atoms with Gasteiger partial charge in [-0.1, -0.05) is 139 Å². The summed E-state index contributed by atoms with van der Waals surface area (Å²) in [5, 5.41) is 30.9. The molecule has 6 atom stereocenters. The molecule has 0 amide bonds. The van der Waals surface area contributed by atoms with Crippen LogP contribution in [-0.2, 0) is 38.7 Å². The molecule has 0 aliphatic carbocycles. The average molecular weight is 869 g/mol. The highest BCUT2D eigenvalue weighted by atomic mass is 32.2. The first-order chi connectivity index (χ1) is 29.0. The van der Waals surface area contributed by atoms with Crippen LogP contribution in [0.5, 0.6) is 0 Å². The lowest BCUT2D eigenvalue weighted by Crippen LogP contribution is -2.60. The molecule has 1 aliphatic rings. The first-order valence-electron chi connectivity index (χ1n) is 22.8. The Morgan fingerprint density at radius 1 is 0.567 bits per heavy atom. The Hall–Kier alpha value is -2.65. The van der Waals surface area contributed by atoms with E-state index in [1.165, 1.54) is 57.8 Å². The molecule has 0 saturated carbocycles. The molecule has 4 N–H and O–H groups in total. The Kier molecular flexibility index (Phi) is 34.1. The molecule has 1 aliphatic heterocycles. The van der Waals surface area contributed by atoms with Crippen molar-refractivity contribution in [1.29, 1.82) is 0 Å². The highest BCUT2D eigenvalue weighted by Gasteiger charge is 2.46. The van der Waals surface area contributed by atoms with Crippen molar-refractivity contribution in [1.82, 2.24) is 0 Å². The number of allylic oxidation sites excluding steroid dienone is 10. The van der Waals surface area contributed by atoms with Crippen molar-refractivity contribution in [3.8, 4) is 0 Å². The minimum Gasteiger partial charge on any atom is -0.462 e. The molecule has 12 nitrogen and oxygen atoms in total. The van der Waals surface area contributed by atoms with Gasteiger partial charge in [0.2, 0.25) is 0 Å². The lowest BCUT2D eigenvalue weighted by atomic mass is 10.00. The zero-order valence-electron chi connectivity index (χ0n) is 36.8. The van der Waals surface area contributed by atoms with Crippen LogP contribution in [0.25, 0.3) is 0 Å². The number of carbonyl (C=O) groups is 2. The quantitative estimate of drug-likeness (QED) is 0.0201. The fourth-order valence-electron chi connectivity index (χ4n) is 6.49. The molecule has 1 fully saturated rings. The number of hydrogen-bond acceptors (Lipinski definition) is 11. The molecule has 0 aromatic carbocycles. The van der Waals surface area contributed by atoms with Crippen molar-refractivity contribution in [3.05, 3.63) is 60.8 Å². The molecule has 0 radical (unpaired) electrons. The number of ether oxygens (including phenoxy) is 4. The molecule has 1 saturated heterocycles. The second kappa shape index (κ2) is 37.0. The average Bonchev–Trinajstić information content (AvgIpc) is 3.21. The number of carbonyl (C=O) groups excluding carboxylic acids is 2. The summed E-state index contributed by atoms with van der Waals surface area (Å²) in [5.74, 6) is -2.07. The Morgan fingerprint density at radius 3 is 1.58 bits per heavy atom. The fraction of sp³-hybridized carbons (Fsp3) is 0.745. The molecule has 346 valence electrons. The second-order valence-electron chi connectivity index (χ2n) is 15.7. The van der Waals surface area contributed by atoms with Crippen LogP contribution in [-0.4, -0.2) is 96.0 Å². The van der Waals surface area contributed by atoms with Crippen LogP contribution in [0.3, 0.4) is 0 Å². The monoisotopic (exact) mass is 869 g/mol. The second-order valence-corrected chi connectivity index (χ2v) is 17.2. The van der Waals surface area contributed by atoms with Crippen LogP contribution < -0.4 is 0 Å². The summed E-state index contributed by atoms with van der Waals surface area (Å²) < 4.78 is 54.0. The van der Waals surface area contributed by atoms with Crippen LogP contribution in [0.4, 0.5) is 0 Å². The van der Waals surface area contributed by atoms with E-state index in [9.17, 15) is 37.9 Å². The topological polar surface area (TPSA) is 186 Å². The minimum atomic E-state index is -4.61. The summed E-state index contributed by atoms with van der Waals surface area (Å²) in [5.41, 5.74) is 0. The van der Waals surface area contributed by atoms with Gasteiger partial charge >= 0.3 is 11.9 Å². The molecule has 2 unspecified atom stereocenters. The first-order valence-corrected chi connectivity index (χ1v) is 24.5. The van der Waals surface area contributed by atoms with Gasteiger partial charge in [-0.05, 0) is 77.0 Å². The van der Waals surface area contributed by atoms with E-state index in [0.717, 1.165) is 64.2 Å². The van der Waals surface area contributed by atoms with E-state index >= 15 is 0 Å². The van der Waals surface area contributed by atoms with Crippen LogP contribution in [0.1, 0.15) is 168 Å². The van der Waals surface area contributed by atoms with Crippen LogP contribution in [0.15, 0.2) is 60.8 Å². The van der Waals surface area contributed by atoms with E-state index in [-0.39, 0.29) is 19.4 Å². The lowest BCUT2D eigenvalue weighted by Gasteiger charge is -2.40. The molecular weight excluding hydrogens is 789 g/mol. The normalized spacial score (nSPS) is 20.7. The highest BCUT2D eigenvalue weighted by molar-refractivity contribution is 7.85. The van der Waals surface area contributed by atoms with Crippen molar-refractivity contribution in [3.63, 3.8) is 0 Å². The molecule has 60 heavy (non-hydrogen) atoms. The summed E-state index contributed by atoms with van der Waals surface area (Å²) in [4.78, 5) is 25.4. The van der Waals surface area contributed by atoms with Crippen LogP contribution in [0, 0.1) is 0 Å². The molecule has 13 heteroatoms. The molecule has 0 spiro atoms. The van der Waals surface area contributed by atoms with Crippen molar-refractivity contribution in [2.24, 2.45) is 0 Å². The highest BCUT2D eigenvalue weighted by Crippen LogP contribution is 2.24. The maximum Gasteiger partial charge on any atom is 0.306 e. The summed E-state index contributed by atoms with van der Waals surface area (Å²) in [6.07, 6.45) is 35.5. The van der Waals surface area contributed by atoms with E-state index < -0.39 is 71.2 Å². The summed E-state index contributed by atoms with van der Waals surface area (Å²) in [6.45, 7) is 3.66. The first kappa shape index (κ1) is 55.4. The van der Waals surface area contributed by atoms with Crippen molar-refractivity contribution in [2.45, 2.75) is 205 Å². The standard InChI is InChI=1S/C47H80O12S/c1-3-5-7-9-11-13-15-17-19-20-22-23-25-27-29-31-33-35-42(48)56-37-40(38-57-47-46(52)45(51)44(50)41(59-47)39-60(53,54)55)58-43(49)36-34-32-30-28-26-24-21-18-16-14-12-10-8-6-4-2/h11,13,17-19,21-23,27,29,40-41,44-47,50-52H,3-10,12,14-16,20,24-26,28,30-39H2,1-2H3,(H,53,54,55)/b13-11+,19-17+,21-18+,23-22+,29-27+/t40-,41-,44-,45?,46?,47+/m1/s1. The van der Waals surface area contributed by atoms with Gasteiger partial charge in [0.1, 0.15) is 36.8 Å². The molecule has 1 heterocycles. The van der Waals surface area contributed by atoms with Crippen LogP contribution >= 0.6 is 0 Å². The van der Waals surface area contributed by atoms with Crippen molar-refractivity contribution in [2.75, 3.05) is 19.0 Å². The van der Waals surface area contributed by atoms with Gasteiger partial charge in [0.15, 0.2) is 12.4 Å². The Morgan fingerprint density at radius 2 is 1.02 bits per heavy atom. The van der Waals surface area contributed by atoms with Gasteiger partial charge in [-0.15, -0.1) is 0 Å². The summed E-state index contributed by atoms with van der Waals surface area (Å²) >= 11 is 0. The predicted molar refractivity (Wildman–Crippen MR) is 238 cm³/mol. The Bertz CT molecular complexity index is 1340. The third-order valence-corrected chi connectivity index (χ3v) is 10.8. The van der Waals surface area contributed by atoms with Gasteiger partial charge in [0.05, 0.1) is 6.61 Å². The number of unbranched alkanes of at least 4 members (excludes halogenated alkanes) is 15. The number of hydrogen-bond donors (Lipinski definition) is 4. The Balaban J connectivity index is 2.50. The number of aliphatic hydroxyl groups excluding tert-OH is 3. The minimum absolute atomic E-state index is 0.139. The fourth-order valence-corrected chi connectivity index (χ4v) is 7.18.